The van der Waals surface area contributed by atoms with Gasteiger partial charge in [-0.3, -0.25) is 0 Å². The number of nitrogens with one attached hydrogen (secondary N) is 1. The van der Waals surface area contributed by atoms with Crippen molar-refractivity contribution in [3.63, 3.8) is 0 Å². The third kappa shape index (κ3) is 4.92. The molecule has 1 N–H and O–H groups in total. The lowest BCUT2D eigenvalue weighted by molar-refractivity contribution is 0.0807. The fourth-order valence-corrected chi connectivity index (χ4v) is 1.45. The van der Waals surface area contributed by atoms with E-state index in [2.05, 4.69) is 5.32 Å². The van der Waals surface area contributed by atoms with Crippen LogP contribution in [0.25, 0.3) is 0 Å². The Bertz CT molecular complexity index is 331. The molecule has 0 aliphatic rings. The van der Waals surface area contributed by atoms with Crippen molar-refractivity contribution < 1.29 is 9.13 Å². The Morgan fingerprint density at radius 2 is 2.19 bits per heavy atom. The lowest BCUT2D eigenvalue weighted by atomic mass is 10.2. The molecule has 0 fully saturated rings. The van der Waals surface area contributed by atoms with E-state index >= 15 is 0 Å². The first-order valence-electron chi connectivity index (χ1n) is 5.36. The second kappa shape index (κ2) is 6.84. The molecule has 0 unspecified atom stereocenters. The van der Waals surface area contributed by atoms with Crippen molar-refractivity contribution in [2.75, 3.05) is 13.2 Å². The topological polar surface area (TPSA) is 21.3 Å². The summed E-state index contributed by atoms with van der Waals surface area (Å²) in [6.45, 7) is 5.90. The molecular formula is C12H17ClFNO. The minimum atomic E-state index is -0.264. The van der Waals surface area contributed by atoms with Crippen LogP contribution in [-0.4, -0.2) is 19.3 Å². The Hall–Kier alpha value is -0.640. The smallest absolute Gasteiger partial charge is 0.123 e. The normalized spacial score (nSPS) is 11.1. The molecule has 1 aromatic rings. The van der Waals surface area contributed by atoms with E-state index in [1.165, 1.54) is 12.1 Å². The highest BCUT2D eigenvalue weighted by molar-refractivity contribution is 6.31. The van der Waals surface area contributed by atoms with Crippen LogP contribution in [0.2, 0.25) is 5.02 Å². The van der Waals surface area contributed by atoms with Crippen LogP contribution < -0.4 is 5.32 Å². The van der Waals surface area contributed by atoms with E-state index in [-0.39, 0.29) is 11.9 Å². The fraction of sp³-hybridized carbons (Fsp3) is 0.500. The number of halogens is 2. The molecule has 4 heteroatoms. The van der Waals surface area contributed by atoms with Crippen LogP contribution >= 0.6 is 11.6 Å². The van der Waals surface area contributed by atoms with E-state index in [1.807, 2.05) is 13.8 Å². The van der Waals surface area contributed by atoms with Gasteiger partial charge < -0.3 is 10.1 Å². The van der Waals surface area contributed by atoms with Crippen molar-refractivity contribution >= 4 is 11.6 Å². The quantitative estimate of drug-likeness (QED) is 0.778. The molecule has 0 atom stereocenters. The van der Waals surface area contributed by atoms with Gasteiger partial charge in [0.15, 0.2) is 0 Å². The standard InChI is InChI=1S/C12H17ClFNO/c1-9(2)16-6-5-15-8-10-7-11(14)3-4-12(10)13/h3-4,7,9,15H,5-6,8H2,1-2H3. The van der Waals surface area contributed by atoms with Crippen molar-refractivity contribution in [1.29, 1.82) is 0 Å². The SMILES string of the molecule is CC(C)OCCNCc1cc(F)ccc1Cl. The van der Waals surface area contributed by atoms with Gasteiger partial charge in [0.05, 0.1) is 12.7 Å². The summed E-state index contributed by atoms with van der Waals surface area (Å²) in [6, 6.07) is 4.37. The number of hydrogen-bond donors (Lipinski definition) is 1. The van der Waals surface area contributed by atoms with Crippen molar-refractivity contribution in [2.24, 2.45) is 0 Å². The molecule has 90 valence electrons. The predicted octanol–water partition coefficient (Wildman–Crippen LogP) is 2.99. The van der Waals surface area contributed by atoms with Gasteiger partial charge in [-0.15, -0.1) is 0 Å². The summed E-state index contributed by atoms with van der Waals surface area (Å²) >= 11 is 5.92. The van der Waals surface area contributed by atoms with Gasteiger partial charge in [0.25, 0.3) is 0 Å². The summed E-state index contributed by atoms with van der Waals surface area (Å²) in [4.78, 5) is 0. The minimum Gasteiger partial charge on any atom is -0.377 e. The molecule has 2 nitrogen and oxygen atoms in total. The predicted molar refractivity (Wildman–Crippen MR) is 64.2 cm³/mol. The molecule has 0 saturated heterocycles. The van der Waals surface area contributed by atoms with Gasteiger partial charge in [0, 0.05) is 18.1 Å². The fourth-order valence-electron chi connectivity index (χ4n) is 1.27. The minimum absolute atomic E-state index is 0.236. The highest BCUT2D eigenvalue weighted by Crippen LogP contribution is 2.16. The summed E-state index contributed by atoms with van der Waals surface area (Å²) in [6.07, 6.45) is 0.236. The lowest BCUT2D eigenvalue weighted by Gasteiger charge is -2.09. The van der Waals surface area contributed by atoms with Crippen LogP contribution in [0.3, 0.4) is 0 Å². The maximum atomic E-state index is 12.9. The maximum Gasteiger partial charge on any atom is 0.123 e. The first kappa shape index (κ1) is 13.4. The van der Waals surface area contributed by atoms with Gasteiger partial charge in [0.2, 0.25) is 0 Å². The molecule has 0 bridgehead atoms. The second-order valence-corrected chi connectivity index (χ2v) is 4.24. The van der Waals surface area contributed by atoms with E-state index in [1.54, 1.807) is 6.07 Å². The van der Waals surface area contributed by atoms with Crippen LogP contribution in [0.5, 0.6) is 0 Å². The van der Waals surface area contributed by atoms with Crippen LogP contribution in [0, 0.1) is 5.82 Å². The first-order valence-corrected chi connectivity index (χ1v) is 5.73. The van der Waals surface area contributed by atoms with Gasteiger partial charge in [-0.1, -0.05) is 11.6 Å². The molecule has 0 saturated carbocycles. The summed E-state index contributed by atoms with van der Waals surface area (Å²) in [5.41, 5.74) is 0.770. The summed E-state index contributed by atoms with van der Waals surface area (Å²) in [5, 5.41) is 3.73. The Morgan fingerprint density at radius 3 is 2.88 bits per heavy atom. The van der Waals surface area contributed by atoms with Gasteiger partial charge in [-0.2, -0.15) is 0 Å². The Labute approximate surface area is 101 Å². The number of ether oxygens (including phenoxy) is 1. The van der Waals surface area contributed by atoms with E-state index in [9.17, 15) is 4.39 Å². The van der Waals surface area contributed by atoms with E-state index in [0.717, 1.165) is 12.1 Å². The van der Waals surface area contributed by atoms with Crippen LogP contribution in [0.4, 0.5) is 4.39 Å². The highest BCUT2D eigenvalue weighted by Gasteiger charge is 2.01. The van der Waals surface area contributed by atoms with E-state index in [4.69, 9.17) is 16.3 Å². The molecular weight excluding hydrogens is 229 g/mol. The Kier molecular flexibility index (Phi) is 5.74. The number of hydrogen-bond acceptors (Lipinski definition) is 2. The lowest BCUT2D eigenvalue weighted by Crippen LogP contribution is -2.21. The average Bonchev–Trinajstić information content (AvgIpc) is 2.22. The van der Waals surface area contributed by atoms with Gasteiger partial charge in [0.1, 0.15) is 5.82 Å². The molecule has 16 heavy (non-hydrogen) atoms. The molecule has 0 aliphatic carbocycles. The maximum absolute atomic E-state index is 12.9. The largest absolute Gasteiger partial charge is 0.377 e. The summed E-state index contributed by atoms with van der Waals surface area (Å²) < 4.78 is 18.3. The molecule has 0 amide bonds. The monoisotopic (exact) mass is 245 g/mol. The molecule has 0 heterocycles. The van der Waals surface area contributed by atoms with Gasteiger partial charge in [-0.05, 0) is 37.6 Å². The molecule has 1 rings (SSSR count). The third-order valence-corrected chi connectivity index (χ3v) is 2.42. The number of rotatable bonds is 6. The van der Waals surface area contributed by atoms with E-state index in [0.29, 0.717) is 18.2 Å². The third-order valence-electron chi connectivity index (χ3n) is 2.05. The zero-order valence-electron chi connectivity index (χ0n) is 9.59. The van der Waals surface area contributed by atoms with Gasteiger partial charge >= 0.3 is 0 Å². The van der Waals surface area contributed by atoms with Crippen LogP contribution in [0.15, 0.2) is 18.2 Å². The zero-order valence-corrected chi connectivity index (χ0v) is 10.4. The second-order valence-electron chi connectivity index (χ2n) is 3.83. The Balaban J connectivity index is 2.29. The molecule has 1 aromatic carbocycles. The first-order chi connectivity index (χ1) is 7.59. The average molecular weight is 246 g/mol. The molecule has 0 aliphatic heterocycles. The van der Waals surface area contributed by atoms with E-state index < -0.39 is 0 Å². The van der Waals surface area contributed by atoms with Crippen molar-refractivity contribution in [3.05, 3.63) is 34.6 Å². The molecule has 0 radical (unpaired) electrons. The van der Waals surface area contributed by atoms with Crippen molar-refractivity contribution in [3.8, 4) is 0 Å². The van der Waals surface area contributed by atoms with Gasteiger partial charge in [-0.25, -0.2) is 4.39 Å². The highest BCUT2D eigenvalue weighted by atomic mass is 35.5. The zero-order chi connectivity index (χ0) is 12.0. The van der Waals surface area contributed by atoms with Crippen LogP contribution in [-0.2, 0) is 11.3 Å². The van der Waals surface area contributed by atoms with Crippen LogP contribution in [0.1, 0.15) is 19.4 Å². The number of benzene rings is 1. The summed E-state index contributed by atoms with van der Waals surface area (Å²) in [7, 11) is 0. The molecule has 0 aromatic heterocycles. The van der Waals surface area contributed by atoms with Crippen molar-refractivity contribution in [1.82, 2.24) is 5.32 Å². The summed E-state index contributed by atoms with van der Waals surface area (Å²) in [5.74, 6) is -0.264. The van der Waals surface area contributed by atoms with Crippen molar-refractivity contribution in [2.45, 2.75) is 26.5 Å². The molecule has 0 spiro atoms. The Morgan fingerprint density at radius 1 is 1.44 bits per heavy atom.